The van der Waals surface area contributed by atoms with Crippen molar-refractivity contribution in [3.8, 4) is 0 Å². The lowest BCUT2D eigenvalue weighted by atomic mass is 10.2. The Morgan fingerprint density at radius 1 is 1.32 bits per heavy atom. The molecule has 0 amide bonds. The number of hydrogen-bond acceptors (Lipinski definition) is 4. The highest BCUT2D eigenvalue weighted by Gasteiger charge is 2.21. The first-order chi connectivity index (χ1) is 8.99. The molecule has 0 aliphatic carbocycles. The highest BCUT2D eigenvalue weighted by Crippen LogP contribution is 2.29. The first-order valence-electron chi connectivity index (χ1n) is 5.09. The molecular weight excluding hydrogens is 282 g/mol. The molecule has 5 nitrogen and oxygen atoms in total. The van der Waals surface area contributed by atoms with Crippen molar-refractivity contribution < 1.29 is 18.1 Å². The smallest absolute Gasteiger partial charge is 0.295 e. The van der Waals surface area contributed by atoms with Gasteiger partial charge in [-0.1, -0.05) is 0 Å². The highest BCUT2D eigenvalue weighted by molar-refractivity contribution is 6.28. The van der Waals surface area contributed by atoms with Crippen molar-refractivity contribution in [1.29, 1.82) is 0 Å². The Bertz CT molecular complexity index is 630. The predicted molar refractivity (Wildman–Crippen MR) is 64.1 cm³/mol. The number of nitrogens with one attached hydrogen (secondary N) is 1. The molecule has 0 saturated heterocycles. The van der Waals surface area contributed by atoms with Crippen LogP contribution in [0.25, 0.3) is 0 Å². The summed E-state index contributed by atoms with van der Waals surface area (Å²) in [7, 11) is 0. The average molecular weight is 289 g/mol. The van der Waals surface area contributed by atoms with Crippen LogP contribution in [0.15, 0.2) is 28.7 Å². The fourth-order valence-corrected chi connectivity index (χ4v) is 1.65. The van der Waals surface area contributed by atoms with Crippen LogP contribution in [0.3, 0.4) is 0 Å². The molecule has 1 aromatic carbocycles. The molecule has 8 heteroatoms. The largest absolute Gasteiger partial charge is 0.448 e. The number of nitrogens with zero attached hydrogens (tertiary/aromatic N) is 1. The van der Waals surface area contributed by atoms with Gasteiger partial charge in [-0.05, 0) is 29.8 Å². The molecule has 0 aliphatic heterocycles. The molecule has 1 heterocycles. The van der Waals surface area contributed by atoms with Crippen LogP contribution in [0, 0.1) is 21.7 Å². The molecule has 2 aromatic rings. The average Bonchev–Trinajstić information content (AvgIpc) is 2.76. The van der Waals surface area contributed by atoms with Crippen molar-refractivity contribution in [2.75, 3.05) is 5.32 Å². The Balaban J connectivity index is 2.28. The Kier molecular flexibility index (Phi) is 3.66. The summed E-state index contributed by atoms with van der Waals surface area (Å²) >= 11 is 5.54. The summed E-state index contributed by atoms with van der Waals surface area (Å²) in [6.07, 6.45) is 0. The van der Waals surface area contributed by atoms with Crippen LogP contribution in [-0.4, -0.2) is 4.92 Å². The standard InChI is InChI=1S/C11H7ClF2N2O3/c12-9-4-1-6(19-9)5-15-11-8(16(17)18)3-2-7(13)10(11)14/h1-4,15H,5H2. The van der Waals surface area contributed by atoms with Gasteiger partial charge in [-0.2, -0.15) is 0 Å². The molecule has 0 atom stereocenters. The van der Waals surface area contributed by atoms with E-state index in [0.717, 1.165) is 6.07 Å². The Morgan fingerprint density at radius 2 is 2.05 bits per heavy atom. The van der Waals surface area contributed by atoms with E-state index in [9.17, 15) is 18.9 Å². The lowest BCUT2D eigenvalue weighted by Crippen LogP contribution is -2.05. The SMILES string of the molecule is O=[N+]([O-])c1ccc(F)c(F)c1NCc1ccc(Cl)o1. The normalized spacial score (nSPS) is 10.5. The van der Waals surface area contributed by atoms with Gasteiger partial charge in [0.05, 0.1) is 11.5 Å². The molecule has 2 rings (SSSR count). The van der Waals surface area contributed by atoms with Gasteiger partial charge < -0.3 is 9.73 Å². The van der Waals surface area contributed by atoms with Crippen molar-refractivity contribution in [2.24, 2.45) is 0 Å². The van der Waals surface area contributed by atoms with E-state index >= 15 is 0 Å². The van der Waals surface area contributed by atoms with E-state index in [4.69, 9.17) is 16.0 Å². The van der Waals surface area contributed by atoms with Crippen molar-refractivity contribution in [1.82, 2.24) is 0 Å². The van der Waals surface area contributed by atoms with Gasteiger partial charge in [0.25, 0.3) is 5.69 Å². The van der Waals surface area contributed by atoms with E-state index in [2.05, 4.69) is 5.32 Å². The number of benzene rings is 1. The minimum atomic E-state index is -1.31. The van der Waals surface area contributed by atoms with Gasteiger partial charge in [0.15, 0.2) is 22.5 Å². The molecule has 0 saturated carbocycles. The number of hydrogen-bond donors (Lipinski definition) is 1. The summed E-state index contributed by atoms with van der Waals surface area (Å²) in [4.78, 5) is 9.93. The van der Waals surface area contributed by atoms with E-state index in [1.807, 2.05) is 0 Å². The lowest BCUT2D eigenvalue weighted by molar-refractivity contribution is -0.384. The molecular formula is C11H7ClF2N2O3. The second-order valence-electron chi connectivity index (χ2n) is 3.57. The molecule has 0 spiro atoms. The molecule has 0 unspecified atom stereocenters. The topological polar surface area (TPSA) is 68.3 Å². The minimum absolute atomic E-state index is 0.0616. The third-order valence-electron chi connectivity index (χ3n) is 2.34. The van der Waals surface area contributed by atoms with Crippen molar-refractivity contribution in [3.63, 3.8) is 0 Å². The maximum atomic E-state index is 13.5. The second kappa shape index (κ2) is 5.23. The zero-order chi connectivity index (χ0) is 14.0. The van der Waals surface area contributed by atoms with Crippen LogP contribution in [0.4, 0.5) is 20.2 Å². The first-order valence-corrected chi connectivity index (χ1v) is 5.47. The van der Waals surface area contributed by atoms with Gasteiger partial charge >= 0.3 is 0 Å². The zero-order valence-corrected chi connectivity index (χ0v) is 10.1. The number of nitro benzene ring substituents is 1. The van der Waals surface area contributed by atoms with Gasteiger partial charge in [-0.25, -0.2) is 8.78 Å². The van der Waals surface area contributed by atoms with E-state index in [-0.39, 0.29) is 11.8 Å². The fraction of sp³-hybridized carbons (Fsp3) is 0.0909. The number of rotatable bonds is 4. The Morgan fingerprint density at radius 3 is 2.63 bits per heavy atom. The van der Waals surface area contributed by atoms with Crippen molar-refractivity contribution in [3.05, 3.63) is 57.0 Å². The number of nitro groups is 1. The van der Waals surface area contributed by atoms with Crippen LogP contribution < -0.4 is 5.32 Å². The predicted octanol–water partition coefficient (Wildman–Crippen LogP) is 3.73. The van der Waals surface area contributed by atoms with Crippen molar-refractivity contribution in [2.45, 2.75) is 6.54 Å². The number of halogens is 3. The fourth-order valence-electron chi connectivity index (χ4n) is 1.48. The second-order valence-corrected chi connectivity index (χ2v) is 3.94. The summed E-state index contributed by atoms with van der Waals surface area (Å²) in [6, 6.07) is 4.56. The summed E-state index contributed by atoms with van der Waals surface area (Å²) in [6.45, 7) is -0.0616. The Labute approximate surface area is 110 Å². The van der Waals surface area contributed by atoms with Crippen LogP contribution >= 0.6 is 11.6 Å². The summed E-state index contributed by atoms with van der Waals surface area (Å²) in [5.74, 6) is -2.15. The molecule has 0 radical (unpaired) electrons. The first kappa shape index (κ1) is 13.3. The summed E-state index contributed by atoms with van der Waals surface area (Å²) in [5, 5.41) is 13.3. The van der Waals surface area contributed by atoms with Crippen molar-refractivity contribution >= 4 is 23.0 Å². The number of furan rings is 1. The molecule has 19 heavy (non-hydrogen) atoms. The van der Waals surface area contributed by atoms with Gasteiger partial charge in [0.2, 0.25) is 0 Å². The van der Waals surface area contributed by atoms with E-state index in [1.165, 1.54) is 12.1 Å². The summed E-state index contributed by atoms with van der Waals surface area (Å²) < 4.78 is 31.6. The van der Waals surface area contributed by atoms with Gasteiger partial charge in [0.1, 0.15) is 5.76 Å². The highest BCUT2D eigenvalue weighted by atomic mass is 35.5. The third kappa shape index (κ3) is 2.82. The molecule has 100 valence electrons. The van der Waals surface area contributed by atoms with Gasteiger partial charge in [-0.15, -0.1) is 0 Å². The molecule has 0 fully saturated rings. The van der Waals surface area contributed by atoms with E-state index in [1.54, 1.807) is 0 Å². The molecule has 1 N–H and O–H groups in total. The monoisotopic (exact) mass is 288 g/mol. The maximum Gasteiger partial charge on any atom is 0.295 e. The van der Waals surface area contributed by atoms with Crippen LogP contribution in [-0.2, 0) is 6.54 Å². The van der Waals surface area contributed by atoms with Crippen LogP contribution in [0.5, 0.6) is 0 Å². The maximum absolute atomic E-state index is 13.5. The lowest BCUT2D eigenvalue weighted by Gasteiger charge is -2.07. The zero-order valence-electron chi connectivity index (χ0n) is 9.32. The molecule has 0 bridgehead atoms. The summed E-state index contributed by atoms with van der Waals surface area (Å²) in [5.41, 5.74) is -1.09. The quantitative estimate of drug-likeness (QED) is 0.687. The van der Waals surface area contributed by atoms with Crippen LogP contribution in [0.1, 0.15) is 5.76 Å². The number of anilines is 1. The van der Waals surface area contributed by atoms with E-state index in [0.29, 0.717) is 11.8 Å². The van der Waals surface area contributed by atoms with Crippen LogP contribution in [0.2, 0.25) is 5.22 Å². The molecule has 0 aliphatic rings. The minimum Gasteiger partial charge on any atom is -0.448 e. The Hall–Kier alpha value is -2.15. The molecule has 1 aromatic heterocycles. The third-order valence-corrected chi connectivity index (χ3v) is 2.54. The van der Waals surface area contributed by atoms with Gasteiger partial charge in [0, 0.05) is 6.07 Å². The van der Waals surface area contributed by atoms with E-state index < -0.39 is 27.9 Å². The van der Waals surface area contributed by atoms with Gasteiger partial charge in [-0.3, -0.25) is 10.1 Å².